The quantitative estimate of drug-likeness (QED) is 0.272. The van der Waals surface area contributed by atoms with E-state index in [0.717, 1.165) is 27.8 Å². The highest BCUT2D eigenvalue weighted by molar-refractivity contribution is 5.93. The van der Waals surface area contributed by atoms with Gasteiger partial charge in [0.25, 0.3) is 0 Å². The van der Waals surface area contributed by atoms with E-state index in [1.165, 1.54) is 6.08 Å². The normalized spacial score (nSPS) is 11.1. The summed E-state index contributed by atoms with van der Waals surface area (Å²) in [6, 6.07) is 25.4. The Hall–Kier alpha value is -4.96. The van der Waals surface area contributed by atoms with Gasteiger partial charge < -0.3 is 9.32 Å². The third-order valence-corrected chi connectivity index (χ3v) is 5.73. The fourth-order valence-corrected chi connectivity index (χ4v) is 3.94. The van der Waals surface area contributed by atoms with Crippen LogP contribution in [0.5, 0.6) is 0 Å². The summed E-state index contributed by atoms with van der Waals surface area (Å²) < 4.78 is 7.86. The van der Waals surface area contributed by atoms with Crippen molar-refractivity contribution in [3.63, 3.8) is 0 Å². The average molecular weight is 474 g/mol. The molecule has 0 bridgehead atoms. The largest absolute Gasteiger partial charge is 0.454 e. The van der Waals surface area contributed by atoms with Crippen LogP contribution in [0.1, 0.15) is 17.5 Å². The molecule has 0 radical (unpaired) electrons. The maximum Gasteiger partial charge on any atom is 0.246 e. The number of carbonyl (C=O) groups excluding carboxylic acids is 1. The highest BCUT2D eigenvalue weighted by Crippen LogP contribution is 2.30. The van der Waals surface area contributed by atoms with Crippen molar-refractivity contribution < 1.29 is 9.21 Å². The number of aromatic nitrogens is 3. The standard InChI is InChI=1S/C29H23N5O2/c30-15-7-17-33(20-22-8-6-16-31-19-22)28(35)14-13-24-21-34(25-10-2-1-3-11-25)32-29(24)27-18-23-9-4-5-12-26(23)36-27/h1-6,8-14,16,18-19,21H,7,17,20H2/b14-13+. The first-order valence-electron chi connectivity index (χ1n) is 11.6. The Labute approximate surface area is 208 Å². The first kappa shape index (κ1) is 22.8. The molecule has 36 heavy (non-hydrogen) atoms. The summed E-state index contributed by atoms with van der Waals surface area (Å²) in [7, 11) is 0. The Kier molecular flexibility index (Phi) is 6.68. The van der Waals surface area contributed by atoms with Gasteiger partial charge in [0, 0.05) is 48.7 Å². The van der Waals surface area contributed by atoms with Gasteiger partial charge in [0.15, 0.2) is 5.76 Å². The lowest BCUT2D eigenvalue weighted by Gasteiger charge is -2.19. The first-order valence-corrected chi connectivity index (χ1v) is 11.6. The Morgan fingerprint density at radius 2 is 1.92 bits per heavy atom. The number of nitriles is 1. The second-order valence-electron chi connectivity index (χ2n) is 8.22. The maximum atomic E-state index is 13.2. The molecular formula is C29H23N5O2. The van der Waals surface area contributed by atoms with E-state index in [-0.39, 0.29) is 12.3 Å². The number of para-hydroxylation sites is 2. The van der Waals surface area contributed by atoms with Crippen LogP contribution in [0.15, 0.2) is 102 Å². The molecule has 0 unspecified atom stereocenters. The van der Waals surface area contributed by atoms with Gasteiger partial charge in [0.1, 0.15) is 11.3 Å². The Balaban J connectivity index is 1.48. The number of pyridine rings is 1. The van der Waals surface area contributed by atoms with E-state index in [9.17, 15) is 4.79 Å². The molecule has 3 aromatic heterocycles. The number of amides is 1. The highest BCUT2D eigenvalue weighted by atomic mass is 16.3. The van der Waals surface area contributed by atoms with Gasteiger partial charge in [0.05, 0.1) is 18.2 Å². The first-order chi connectivity index (χ1) is 17.7. The third kappa shape index (κ3) is 5.08. The fourth-order valence-electron chi connectivity index (χ4n) is 3.94. The van der Waals surface area contributed by atoms with Crippen molar-refractivity contribution in [3.8, 4) is 23.2 Å². The number of nitrogens with zero attached hydrogens (tertiary/aromatic N) is 5. The molecule has 2 aromatic carbocycles. The van der Waals surface area contributed by atoms with Crippen molar-refractivity contribution in [1.29, 1.82) is 5.26 Å². The maximum absolute atomic E-state index is 13.2. The summed E-state index contributed by atoms with van der Waals surface area (Å²) in [4.78, 5) is 18.9. The fraction of sp³-hybridized carbons (Fsp3) is 0.103. The lowest BCUT2D eigenvalue weighted by molar-refractivity contribution is -0.126. The van der Waals surface area contributed by atoms with Gasteiger partial charge in [-0.3, -0.25) is 9.78 Å². The van der Waals surface area contributed by atoms with Crippen molar-refractivity contribution in [2.24, 2.45) is 0 Å². The molecule has 0 N–H and O–H groups in total. The second-order valence-corrected chi connectivity index (χ2v) is 8.22. The van der Waals surface area contributed by atoms with E-state index in [1.807, 2.05) is 79.0 Å². The summed E-state index contributed by atoms with van der Waals surface area (Å²) in [5, 5.41) is 14.8. The minimum absolute atomic E-state index is 0.197. The van der Waals surface area contributed by atoms with Crippen LogP contribution in [-0.4, -0.2) is 32.1 Å². The van der Waals surface area contributed by atoms with Gasteiger partial charge >= 0.3 is 0 Å². The van der Waals surface area contributed by atoms with E-state index in [1.54, 1.807) is 28.1 Å². The summed E-state index contributed by atoms with van der Waals surface area (Å²) in [6.07, 6.45) is 8.80. The summed E-state index contributed by atoms with van der Waals surface area (Å²) in [5.41, 5.74) is 3.94. The number of rotatable bonds is 8. The Bertz CT molecular complexity index is 1510. The van der Waals surface area contributed by atoms with Gasteiger partial charge in [-0.25, -0.2) is 4.68 Å². The van der Waals surface area contributed by atoms with Crippen LogP contribution in [-0.2, 0) is 11.3 Å². The lowest BCUT2D eigenvalue weighted by Crippen LogP contribution is -2.29. The number of hydrogen-bond acceptors (Lipinski definition) is 5. The topological polar surface area (TPSA) is 88.0 Å². The van der Waals surface area contributed by atoms with Crippen molar-refractivity contribution in [2.45, 2.75) is 13.0 Å². The van der Waals surface area contributed by atoms with Crippen LogP contribution in [0.4, 0.5) is 0 Å². The highest BCUT2D eigenvalue weighted by Gasteiger charge is 2.17. The molecule has 7 heteroatoms. The lowest BCUT2D eigenvalue weighted by atomic mass is 10.1. The molecule has 5 aromatic rings. The molecule has 0 aliphatic rings. The summed E-state index contributed by atoms with van der Waals surface area (Å²) >= 11 is 0. The summed E-state index contributed by atoms with van der Waals surface area (Å²) in [6.45, 7) is 0.701. The third-order valence-electron chi connectivity index (χ3n) is 5.73. The van der Waals surface area contributed by atoms with Crippen molar-refractivity contribution in [1.82, 2.24) is 19.7 Å². The van der Waals surface area contributed by atoms with Crippen LogP contribution in [0.2, 0.25) is 0 Å². The number of carbonyl (C=O) groups is 1. The summed E-state index contributed by atoms with van der Waals surface area (Å²) in [5.74, 6) is 0.423. The van der Waals surface area contributed by atoms with Gasteiger partial charge in [-0.15, -0.1) is 0 Å². The molecule has 0 aliphatic carbocycles. The van der Waals surface area contributed by atoms with E-state index in [2.05, 4.69) is 11.1 Å². The van der Waals surface area contributed by atoms with Crippen LogP contribution in [0.3, 0.4) is 0 Å². The molecule has 176 valence electrons. The number of furan rings is 1. The Morgan fingerprint density at radius 1 is 1.08 bits per heavy atom. The van der Waals surface area contributed by atoms with E-state index < -0.39 is 0 Å². The Morgan fingerprint density at radius 3 is 2.69 bits per heavy atom. The number of benzene rings is 2. The molecule has 0 spiro atoms. The van der Waals surface area contributed by atoms with Gasteiger partial charge in [-0.05, 0) is 42.0 Å². The van der Waals surface area contributed by atoms with Gasteiger partial charge in [0.2, 0.25) is 5.91 Å². The molecule has 0 aliphatic heterocycles. The average Bonchev–Trinajstić information content (AvgIpc) is 3.55. The van der Waals surface area contributed by atoms with Crippen molar-refractivity contribution >= 4 is 23.0 Å². The van der Waals surface area contributed by atoms with Gasteiger partial charge in [-0.2, -0.15) is 10.4 Å². The minimum atomic E-state index is -0.197. The van der Waals surface area contributed by atoms with E-state index >= 15 is 0 Å². The van der Waals surface area contributed by atoms with Crippen LogP contribution >= 0.6 is 0 Å². The molecule has 7 nitrogen and oxygen atoms in total. The molecule has 3 heterocycles. The van der Waals surface area contributed by atoms with Gasteiger partial charge in [-0.1, -0.05) is 42.5 Å². The van der Waals surface area contributed by atoms with Crippen LogP contribution in [0.25, 0.3) is 34.2 Å². The van der Waals surface area contributed by atoms with Crippen LogP contribution in [0, 0.1) is 11.3 Å². The SMILES string of the molecule is N#CCCN(Cc1cccnc1)C(=O)/C=C/c1cn(-c2ccccc2)nc1-c1cc2ccccc2o1. The number of fused-ring (bicyclic) bond motifs is 1. The molecule has 0 fully saturated rings. The van der Waals surface area contributed by atoms with Crippen molar-refractivity contribution in [2.75, 3.05) is 6.54 Å². The predicted octanol–water partition coefficient (Wildman–Crippen LogP) is 5.64. The minimum Gasteiger partial charge on any atom is -0.454 e. The van der Waals surface area contributed by atoms with Crippen molar-refractivity contribution in [3.05, 3.63) is 109 Å². The predicted molar refractivity (Wildman–Crippen MR) is 138 cm³/mol. The second kappa shape index (κ2) is 10.5. The number of hydrogen-bond donors (Lipinski definition) is 0. The molecule has 0 saturated carbocycles. The molecular weight excluding hydrogens is 450 g/mol. The van der Waals surface area contributed by atoms with E-state index in [4.69, 9.17) is 14.8 Å². The zero-order valence-corrected chi connectivity index (χ0v) is 19.5. The smallest absolute Gasteiger partial charge is 0.246 e. The molecule has 1 amide bonds. The monoisotopic (exact) mass is 473 g/mol. The zero-order valence-electron chi connectivity index (χ0n) is 19.5. The van der Waals surface area contributed by atoms with E-state index in [0.29, 0.717) is 24.5 Å². The molecule has 0 atom stereocenters. The molecule has 0 saturated heterocycles. The molecule has 5 rings (SSSR count). The zero-order chi connectivity index (χ0) is 24.7. The van der Waals surface area contributed by atoms with Crippen LogP contribution < -0.4 is 0 Å².